The maximum Gasteiger partial charge on any atom is 0.306 e. The monoisotopic (exact) mass is 855 g/mol. The van der Waals surface area contributed by atoms with Crippen LogP contribution in [0.1, 0.15) is 265 Å². The Kier molecular flexibility index (Phi) is 47.9. The highest BCUT2D eigenvalue weighted by Gasteiger charge is 2.19. The van der Waals surface area contributed by atoms with Crippen LogP contribution in [-0.4, -0.2) is 37.2 Å². The second kappa shape index (κ2) is 50.0. The highest BCUT2D eigenvalue weighted by Crippen LogP contribution is 2.15. The lowest BCUT2D eigenvalue weighted by molar-refractivity contribution is -0.167. The predicted molar refractivity (Wildman–Crippen MR) is 261 cm³/mol. The molecule has 6 nitrogen and oxygen atoms in total. The fourth-order valence-electron chi connectivity index (χ4n) is 7.39. The third-order valence-electron chi connectivity index (χ3n) is 11.3. The van der Waals surface area contributed by atoms with Gasteiger partial charge in [0.05, 0.1) is 0 Å². The molecule has 61 heavy (non-hydrogen) atoms. The number of rotatable bonds is 47. The van der Waals surface area contributed by atoms with Crippen molar-refractivity contribution in [2.24, 2.45) is 0 Å². The number of carbonyl (C=O) groups excluding carboxylic acids is 3. The number of hydrogen-bond acceptors (Lipinski definition) is 6. The van der Waals surface area contributed by atoms with Crippen LogP contribution in [0.25, 0.3) is 0 Å². The number of ether oxygens (including phenoxy) is 3. The lowest BCUT2D eigenvalue weighted by atomic mass is 10.0. The Morgan fingerprint density at radius 1 is 0.344 bits per heavy atom. The maximum atomic E-state index is 12.8. The molecule has 0 saturated carbocycles. The van der Waals surface area contributed by atoms with Crippen molar-refractivity contribution in [2.45, 2.75) is 271 Å². The molecule has 0 amide bonds. The number of hydrogen-bond donors (Lipinski definition) is 0. The molecule has 0 saturated heterocycles. The Balaban J connectivity index is 4.39. The summed E-state index contributed by atoms with van der Waals surface area (Å²) in [6, 6.07) is 0. The topological polar surface area (TPSA) is 78.9 Å². The van der Waals surface area contributed by atoms with Crippen molar-refractivity contribution in [2.75, 3.05) is 13.2 Å². The van der Waals surface area contributed by atoms with Gasteiger partial charge in [-0.3, -0.25) is 14.4 Å². The van der Waals surface area contributed by atoms with E-state index in [9.17, 15) is 14.4 Å². The van der Waals surface area contributed by atoms with Gasteiger partial charge in [-0.2, -0.15) is 0 Å². The normalized spacial score (nSPS) is 12.4. The molecule has 0 spiro atoms. The molecule has 6 heteroatoms. The van der Waals surface area contributed by atoms with E-state index in [2.05, 4.69) is 69.4 Å². The average molecular weight is 855 g/mol. The van der Waals surface area contributed by atoms with Crippen LogP contribution in [0.4, 0.5) is 0 Å². The van der Waals surface area contributed by atoms with Crippen LogP contribution < -0.4 is 0 Å². The molecule has 0 fully saturated rings. The van der Waals surface area contributed by atoms with Gasteiger partial charge in [0.25, 0.3) is 0 Å². The minimum absolute atomic E-state index is 0.0808. The molecule has 1 atom stereocenters. The zero-order valence-electron chi connectivity index (χ0n) is 40.4. The smallest absolute Gasteiger partial charge is 0.306 e. The Hall–Kier alpha value is -2.63. The van der Waals surface area contributed by atoms with E-state index >= 15 is 0 Å². The first-order valence-corrected chi connectivity index (χ1v) is 26.1. The Morgan fingerprint density at radius 3 is 1.03 bits per heavy atom. The summed E-state index contributed by atoms with van der Waals surface area (Å²) in [5, 5.41) is 0. The number of carbonyl (C=O) groups is 3. The highest BCUT2D eigenvalue weighted by molar-refractivity contribution is 5.71. The Labute approximate surface area is 378 Å². The summed E-state index contributed by atoms with van der Waals surface area (Å²) in [5.74, 6) is -0.897. The van der Waals surface area contributed by atoms with Crippen LogP contribution in [-0.2, 0) is 28.6 Å². The largest absolute Gasteiger partial charge is 0.462 e. The summed E-state index contributed by atoms with van der Waals surface area (Å²) in [5.41, 5.74) is 0. The third kappa shape index (κ3) is 48.3. The van der Waals surface area contributed by atoms with Gasteiger partial charge in [-0.1, -0.05) is 217 Å². The summed E-state index contributed by atoms with van der Waals surface area (Å²) < 4.78 is 16.8. The summed E-state index contributed by atoms with van der Waals surface area (Å²) in [7, 11) is 0. The van der Waals surface area contributed by atoms with Crippen molar-refractivity contribution in [1.82, 2.24) is 0 Å². The fourth-order valence-corrected chi connectivity index (χ4v) is 7.39. The molecule has 0 N–H and O–H groups in total. The molecule has 0 bridgehead atoms. The molecule has 0 unspecified atom stereocenters. The molecule has 0 radical (unpaired) electrons. The quantitative estimate of drug-likeness (QED) is 0.0263. The Morgan fingerprint density at radius 2 is 0.639 bits per heavy atom. The zero-order valence-corrected chi connectivity index (χ0v) is 40.4. The van der Waals surface area contributed by atoms with Crippen LogP contribution in [0.3, 0.4) is 0 Å². The summed E-state index contributed by atoms with van der Waals surface area (Å²) in [4.78, 5) is 38.0. The second-order valence-electron chi connectivity index (χ2n) is 17.4. The van der Waals surface area contributed by atoms with Crippen molar-refractivity contribution >= 4 is 17.9 Å². The van der Waals surface area contributed by atoms with E-state index in [0.29, 0.717) is 19.3 Å². The van der Waals surface area contributed by atoms with E-state index in [4.69, 9.17) is 14.2 Å². The highest BCUT2D eigenvalue weighted by atomic mass is 16.6. The van der Waals surface area contributed by atoms with E-state index in [1.54, 1.807) is 0 Å². The molecule has 354 valence electrons. The van der Waals surface area contributed by atoms with Gasteiger partial charge in [0.2, 0.25) is 0 Å². The van der Waals surface area contributed by atoms with Gasteiger partial charge >= 0.3 is 17.9 Å². The van der Waals surface area contributed by atoms with Gasteiger partial charge < -0.3 is 14.2 Å². The molecular formula is C55H98O6. The van der Waals surface area contributed by atoms with Gasteiger partial charge in [-0.25, -0.2) is 0 Å². The minimum Gasteiger partial charge on any atom is -0.462 e. The summed E-state index contributed by atoms with van der Waals surface area (Å²) >= 11 is 0. The average Bonchev–Trinajstić information content (AvgIpc) is 3.26. The molecule has 0 heterocycles. The van der Waals surface area contributed by atoms with Gasteiger partial charge in [0, 0.05) is 19.3 Å². The van der Waals surface area contributed by atoms with Crippen molar-refractivity contribution in [3.05, 3.63) is 48.6 Å². The van der Waals surface area contributed by atoms with Gasteiger partial charge in [-0.15, -0.1) is 0 Å². The molecule has 0 aliphatic heterocycles. The van der Waals surface area contributed by atoms with Gasteiger partial charge in [-0.05, 0) is 77.0 Å². The lowest BCUT2D eigenvalue weighted by Crippen LogP contribution is -2.30. The van der Waals surface area contributed by atoms with Crippen LogP contribution in [0.15, 0.2) is 48.6 Å². The van der Waals surface area contributed by atoms with Crippen molar-refractivity contribution in [3.63, 3.8) is 0 Å². The van der Waals surface area contributed by atoms with Crippen LogP contribution >= 0.6 is 0 Å². The maximum absolute atomic E-state index is 12.8. The number of unbranched alkanes of at least 4 members (excludes halogenated alkanes) is 28. The van der Waals surface area contributed by atoms with E-state index < -0.39 is 6.10 Å². The Bertz CT molecular complexity index is 1070. The van der Waals surface area contributed by atoms with E-state index in [1.165, 1.54) is 122 Å². The molecule has 0 aromatic carbocycles. The third-order valence-corrected chi connectivity index (χ3v) is 11.3. The van der Waals surface area contributed by atoms with E-state index in [1.807, 2.05) is 0 Å². The zero-order chi connectivity index (χ0) is 44.4. The molecule has 0 aromatic rings. The van der Waals surface area contributed by atoms with Crippen molar-refractivity contribution < 1.29 is 28.6 Å². The number of allylic oxidation sites excluding steroid dienone is 8. The second-order valence-corrected chi connectivity index (χ2v) is 17.4. The predicted octanol–water partition coefficient (Wildman–Crippen LogP) is 17.1. The SMILES string of the molecule is CC/C=C\C/C=C\C/C=C\CCCCCCCC(=O)OC[C@@H](COC(=O)CCCCCCC/C=C\CCCCCC)OC(=O)CCCCCCCCCCCCCCCCC. The first kappa shape index (κ1) is 58.4. The molecular weight excluding hydrogens is 757 g/mol. The molecule has 0 aliphatic rings. The van der Waals surface area contributed by atoms with Crippen molar-refractivity contribution in [1.29, 1.82) is 0 Å². The number of esters is 3. The summed E-state index contributed by atoms with van der Waals surface area (Å²) in [6.45, 7) is 6.51. The van der Waals surface area contributed by atoms with Crippen LogP contribution in [0, 0.1) is 0 Å². The minimum atomic E-state index is -0.780. The van der Waals surface area contributed by atoms with Crippen molar-refractivity contribution in [3.8, 4) is 0 Å². The molecule has 0 aliphatic carbocycles. The molecule has 0 aromatic heterocycles. The standard InChI is InChI=1S/C55H98O6/c1-4-7-10-13-16-19-22-25-27-30-33-36-39-42-45-48-54(57)60-51-52(50-59-53(56)47-44-41-38-35-32-29-24-21-18-15-12-9-6-3)61-55(58)49-46-43-40-37-34-31-28-26-23-20-17-14-11-8-5-2/h7,10,16,19,21,24-25,27,52H,4-6,8-9,11-15,17-18,20,22-23,26,28-51H2,1-3H3/b10-7-,19-16-,24-21-,27-25-/t52-/m1/s1. The van der Waals surface area contributed by atoms with Gasteiger partial charge in [0.15, 0.2) is 6.10 Å². The van der Waals surface area contributed by atoms with Gasteiger partial charge in [0.1, 0.15) is 13.2 Å². The first-order chi connectivity index (χ1) is 30.0. The summed E-state index contributed by atoms with van der Waals surface area (Å²) in [6.07, 6.45) is 59.5. The van der Waals surface area contributed by atoms with Crippen LogP contribution in [0.2, 0.25) is 0 Å². The fraction of sp³-hybridized carbons (Fsp3) is 0.800. The molecule has 0 rings (SSSR count). The lowest BCUT2D eigenvalue weighted by Gasteiger charge is -2.18. The van der Waals surface area contributed by atoms with Crippen LogP contribution in [0.5, 0.6) is 0 Å². The van der Waals surface area contributed by atoms with E-state index in [-0.39, 0.29) is 31.1 Å². The van der Waals surface area contributed by atoms with E-state index in [0.717, 1.165) is 103 Å². The first-order valence-electron chi connectivity index (χ1n) is 26.1.